The molecule has 1 N–H and O–H groups in total. The molecule has 0 aliphatic rings. The fraction of sp³-hybridized carbons (Fsp3) is 0.0476. The highest BCUT2D eigenvalue weighted by atomic mass is 79.9. The van der Waals surface area contributed by atoms with Crippen molar-refractivity contribution in [2.75, 3.05) is 10.8 Å². The van der Waals surface area contributed by atoms with Crippen molar-refractivity contribution in [2.45, 2.75) is 4.90 Å². The van der Waals surface area contributed by atoms with Crippen LogP contribution in [0.3, 0.4) is 0 Å². The normalized spacial score (nSPS) is 11.5. The Morgan fingerprint density at radius 2 is 1.74 bits per heavy atom. The van der Waals surface area contributed by atoms with Crippen molar-refractivity contribution < 1.29 is 13.2 Å². The summed E-state index contributed by atoms with van der Waals surface area (Å²) < 4.78 is 28.3. The predicted octanol–water partition coefficient (Wildman–Crippen LogP) is 5.10. The molecule has 0 aromatic heterocycles. The average molecular weight is 541 g/mol. The number of benzene rings is 3. The first-order valence-electron chi connectivity index (χ1n) is 8.88. The Bertz CT molecular complexity index is 1220. The van der Waals surface area contributed by atoms with E-state index in [0.717, 1.165) is 14.3 Å². The van der Waals surface area contributed by atoms with Gasteiger partial charge in [-0.15, -0.1) is 0 Å². The molecule has 0 aliphatic heterocycles. The zero-order valence-corrected chi connectivity index (χ0v) is 19.8. The molecule has 0 bridgehead atoms. The molecule has 3 aromatic rings. The van der Waals surface area contributed by atoms with Gasteiger partial charge in [0.05, 0.1) is 26.8 Å². The van der Waals surface area contributed by atoms with Crippen LogP contribution in [-0.2, 0) is 14.8 Å². The Kier molecular flexibility index (Phi) is 7.72. The number of nitrogens with zero attached hydrogens (tertiary/aromatic N) is 2. The molecule has 160 valence electrons. The molecular formula is C21H16BrCl2N3O3S. The molecule has 3 aromatic carbocycles. The van der Waals surface area contributed by atoms with E-state index in [-0.39, 0.29) is 20.6 Å². The van der Waals surface area contributed by atoms with E-state index in [0.29, 0.717) is 0 Å². The van der Waals surface area contributed by atoms with Crippen LogP contribution in [0.15, 0.2) is 87.3 Å². The SMILES string of the molecule is O=C(CN(c1cccc(Cl)c1Cl)S(=O)(=O)c1ccccc1)N/N=C\c1cccc(Br)c1. The van der Waals surface area contributed by atoms with Crippen molar-refractivity contribution in [2.24, 2.45) is 5.10 Å². The van der Waals surface area contributed by atoms with Crippen LogP contribution in [0.2, 0.25) is 10.0 Å². The summed E-state index contributed by atoms with van der Waals surface area (Å²) in [6, 6.07) is 19.6. The van der Waals surface area contributed by atoms with Gasteiger partial charge in [-0.05, 0) is 42.0 Å². The van der Waals surface area contributed by atoms with Crippen LogP contribution in [0, 0.1) is 0 Å². The van der Waals surface area contributed by atoms with E-state index in [1.165, 1.54) is 30.5 Å². The highest BCUT2D eigenvalue weighted by Crippen LogP contribution is 2.35. The second-order valence-corrected chi connectivity index (χ2v) is 9.81. The summed E-state index contributed by atoms with van der Waals surface area (Å²) in [6.45, 7) is -0.548. The number of nitrogens with one attached hydrogen (secondary N) is 1. The van der Waals surface area contributed by atoms with Crippen LogP contribution >= 0.6 is 39.1 Å². The first-order valence-corrected chi connectivity index (χ1v) is 11.9. The monoisotopic (exact) mass is 539 g/mol. The van der Waals surface area contributed by atoms with Gasteiger partial charge >= 0.3 is 0 Å². The van der Waals surface area contributed by atoms with Gasteiger partial charge in [0, 0.05) is 4.47 Å². The molecule has 6 nitrogen and oxygen atoms in total. The van der Waals surface area contributed by atoms with Crippen molar-refractivity contribution in [3.05, 3.63) is 92.9 Å². The number of carbonyl (C=O) groups excluding carboxylic acids is 1. The number of hydrogen-bond acceptors (Lipinski definition) is 4. The molecule has 0 radical (unpaired) electrons. The molecule has 31 heavy (non-hydrogen) atoms. The van der Waals surface area contributed by atoms with Gasteiger partial charge in [-0.3, -0.25) is 9.10 Å². The summed E-state index contributed by atoms with van der Waals surface area (Å²) in [5.41, 5.74) is 3.18. The third-order valence-corrected chi connectivity index (χ3v) is 7.15. The van der Waals surface area contributed by atoms with Gasteiger partial charge in [0.1, 0.15) is 6.54 Å². The minimum atomic E-state index is -4.10. The lowest BCUT2D eigenvalue weighted by molar-refractivity contribution is -0.119. The van der Waals surface area contributed by atoms with E-state index in [2.05, 4.69) is 26.5 Å². The zero-order valence-electron chi connectivity index (χ0n) is 15.9. The molecule has 0 saturated carbocycles. The number of anilines is 1. The standard InChI is InChI=1S/C21H16BrCl2N3O3S/c22-16-7-4-6-15(12-16)13-25-26-20(28)14-27(19-11-5-10-18(23)21(19)24)31(29,30)17-8-2-1-3-9-17/h1-13H,14H2,(H,26,28)/b25-13-. The molecule has 1 amide bonds. The Morgan fingerprint density at radius 1 is 1.03 bits per heavy atom. The maximum atomic E-state index is 13.3. The van der Waals surface area contributed by atoms with Crippen molar-refractivity contribution in [3.63, 3.8) is 0 Å². The number of hydrogen-bond donors (Lipinski definition) is 1. The third kappa shape index (κ3) is 5.86. The molecule has 0 spiro atoms. The van der Waals surface area contributed by atoms with Crippen molar-refractivity contribution in [1.29, 1.82) is 0 Å². The number of sulfonamides is 1. The number of carbonyl (C=O) groups is 1. The average Bonchev–Trinajstić information content (AvgIpc) is 2.75. The van der Waals surface area contributed by atoms with Gasteiger partial charge in [-0.25, -0.2) is 13.8 Å². The molecule has 3 rings (SSSR count). The van der Waals surface area contributed by atoms with Crippen LogP contribution in [0.5, 0.6) is 0 Å². The number of halogens is 3. The molecular weight excluding hydrogens is 525 g/mol. The van der Waals surface area contributed by atoms with Gasteiger partial charge in [0.25, 0.3) is 15.9 Å². The highest BCUT2D eigenvalue weighted by Gasteiger charge is 2.29. The Morgan fingerprint density at radius 3 is 2.45 bits per heavy atom. The summed E-state index contributed by atoms with van der Waals surface area (Å²) in [4.78, 5) is 12.6. The minimum Gasteiger partial charge on any atom is -0.271 e. The molecule has 0 heterocycles. The minimum absolute atomic E-state index is 0.0106. The second kappa shape index (κ2) is 10.3. The van der Waals surface area contributed by atoms with Crippen LogP contribution in [0.4, 0.5) is 5.69 Å². The molecule has 0 fully saturated rings. The largest absolute Gasteiger partial charge is 0.271 e. The zero-order chi connectivity index (χ0) is 22.4. The van der Waals surface area contributed by atoms with Gasteiger partial charge in [-0.2, -0.15) is 5.10 Å². The molecule has 10 heteroatoms. The summed E-state index contributed by atoms with van der Waals surface area (Å²) in [5, 5.41) is 4.09. The van der Waals surface area contributed by atoms with Crippen LogP contribution < -0.4 is 9.73 Å². The second-order valence-electron chi connectivity index (χ2n) is 6.25. The summed E-state index contributed by atoms with van der Waals surface area (Å²) >= 11 is 15.7. The van der Waals surface area contributed by atoms with Gasteiger partial charge in [-0.1, -0.05) is 75.5 Å². The van der Waals surface area contributed by atoms with Crippen LogP contribution in [-0.4, -0.2) is 27.1 Å². The summed E-state index contributed by atoms with van der Waals surface area (Å²) in [6.07, 6.45) is 1.45. The van der Waals surface area contributed by atoms with E-state index in [1.54, 1.807) is 30.3 Å². The van der Waals surface area contributed by atoms with Gasteiger partial charge in [0.2, 0.25) is 0 Å². The quantitative estimate of drug-likeness (QED) is 0.334. The lowest BCUT2D eigenvalue weighted by atomic mass is 10.2. The molecule has 0 atom stereocenters. The van der Waals surface area contributed by atoms with Crippen molar-refractivity contribution in [1.82, 2.24) is 5.43 Å². The van der Waals surface area contributed by atoms with Crippen molar-refractivity contribution >= 4 is 67.0 Å². The predicted molar refractivity (Wildman–Crippen MR) is 127 cm³/mol. The van der Waals surface area contributed by atoms with Crippen molar-refractivity contribution in [3.8, 4) is 0 Å². The Hall–Kier alpha value is -2.39. The van der Waals surface area contributed by atoms with Gasteiger partial charge < -0.3 is 0 Å². The maximum absolute atomic E-state index is 13.3. The number of hydrazone groups is 1. The maximum Gasteiger partial charge on any atom is 0.264 e. The molecule has 0 unspecified atom stereocenters. The Labute approximate surface area is 198 Å². The van der Waals surface area contributed by atoms with E-state index < -0.39 is 22.5 Å². The first kappa shape index (κ1) is 23.3. The Balaban J connectivity index is 1.88. The fourth-order valence-corrected chi connectivity index (χ4v) is 4.95. The number of amides is 1. The number of rotatable bonds is 7. The van der Waals surface area contributed by atoms with E-state index in [4.69, 9.17) is 23.2 Å². The molecule has 0 saturated heterocycles. The third-order valence-electron chi connectivity index (χ3n) is 4.07. The lowest BCUT2D eigenvalue weighted by Gasteiger charge is -2.24. The molecule has 0 aliphatic carbocycles. The highest BCUT2D eigenvalue weighted by molar-refractivity contribution is 9.10. The first-order chi connectivity index (χ1) is 14.8. The topological polar surface area (TPSA) is 78.8 Å². The summed E-state index contributed by atoms with van der Waals surface area (Å²) in [7, 11) is -4.10. The van der Waals surface area contributed by atoms with Gasteiger partial charge in [0.15, 0.2) is 0 Å². The van der Waals surface area contributed by atoms with E-state index in [1.807, 2.05) is 18.2 Å². The fourth-order valence-electron chi connectivity index (χ4n) is 2.64. The lowest BCUT2D eigenvalue weighted by Crippen LogP contribution is -2.39. The van der Waals surface area contributed by atoms with Crippen LogP contribution in [0.1, 0.15) is 5.56 Å². The van der Waals surface area contributed by atoms with E-state index >= 15 is 0 Å². The summed E-state index contributed by atoms with van der Waals surface area (Å²) in [5.74, 6) is -0.651. The van der Waals surface area contributed by atoms with Crippen LogP contribution in [0.25, 0.3) is 0 Å². The smallest absolute Gasteiger partial charge is 0.264 e. The van der Waals surface area contributed by atoms with E-state index in [9.17, 15) is 13.2 Å².